The predicted octanol–water partition coefficient (Wildman–Crippen LogP) is 3.56. The van der Waals surface area contributed by atoms with Gasteiger partial charge in [-0.15, -0.1) is 20.4 Å². The van der Waals surface area contributed by atoms with Gasteiger partial charge in [-0.25, -0.2) is 0 Å². The molecule has 0 aliphatic carbocycles. The quantitative estimate of drug-likeness (QED) is 0.522. The van der Waals surface area contributed by atoms with Crippen LogP contribution in [0.25, 0.3) is 44.8 Å². The first-order chi connectivity index (χ1) is 11.9. The van der Waals surface area contributed by atoms with Crippen molar-refractivity contribution in [1.82, 2.24) is 30.4 Å². The summed E-state index contributed by atoms with van der Waals surface area (Å²) in [6, 6.07) is 20.1. The molecular formula is C18H12N6. The summed E-state index contributed by atoms with van der Waals surface area (Å²) in [7, 11) is 0. The molecular weight excluding hydrogens is 300 g/mol. The Bertz CT molecular complexity index is 994. The van der Waals surface area contributed by atoms with Gasteiger partial charge in [0.25, 0.3) is 0 Å². The van der Waals surface area contributed by atoms with Crippen molar-refractivity contribution in [1.29, 1.82) is 0 Å². The van der Waals surface area contributed by atoms with Crippen LogP contribution in [0.15, 0.2) is 60.7 Å². The topological polar surface area (TPSA) is 83.1 Å². The second-order valence-corrected chi connectivity index (χ2v) is 5.59. The lowest BCUT2D eigenvalue weighted by Crippen LogP contribution is -1.99. The molecule has 0 spiro atoms. The smallest absolute Gasteiger partial charge is 0.219 e. The first-order valence-corrected chi connectivity index (χ1v) is 7.60. The van der Waals surface area contributed by atoms with E-state index in [1.54, 1.807) is 0 Å². The third-order valence-corrected chi connectivity index (χ3v) is 4.02. The minimum atomic E-state index is 0.478. The Kier molecular flexibility index (Phi) is 2.69. The maximum Gasteiger partial charge on any atom is 0.219 e. The minimum absolute atomic E-state index is 0.478. The van der Waals surface area contributed by atoms with Gasteiger partial charge >= 0.3 is 0 Å². The molecule has 3 aromatic heterocycles. The van der Waals surface area contributed by atoms with E-state index >= 15 is 0 Å². The molecule has 0 amide bonds. The summed E-state index contributed by atoms with van der Waals surface area (Å²) >= 11 is 0. The molecule has 0 atom stereocenters. The van der Waals surface area contributed by atoms with Gasteiger partial charge in [0, 0.05) is 21.8 Å². The molecule has 0 aliphatic rings. The number of para-hydroxylation sites is 2. The van der Waals surface area contributed by atoms with Gasteiger partial charge in [0.2, 0.25) is 11.6 Å². The van der Waals surface area contributed by atoms with Crippen LogP contribution in [0.1, 0.15) is 0 Å². The van der Waals surface area contributed by atoms with Crippen LogP contribution < -0.4 is 0 Å². The van der Waals surface area contributed by atoms with Gasteiger partial charge in [0.15, 0.2) is 0 Å². The van der Waals surface area contributed by atoms with Crippen molar-refractivity contribution in [3.05, 3.63) is 60.7 Å². The molecule has 0 saturated heterocycles. The molecule has 0 fully saturated rings. The summed E-state index contributed by atoms with van der Waals surface area (Å²) in [6.07, 6.45) is 0. The summed E-state index contributed by atoms with van der Waals surface area (Å²) in [4.78, 5) is 6.56. The molecule has 0 unspecified atom stereocenters. The van der Waals surface area contributed by atoms with Crippen LogP contribution in [0.3, 0.4) is 0 Å². The number of H-pyrrole nitrogens is 2. The number of aromatic amines is 2. The highest BCUT2D eigenvalue weighted by Gasteiger charge is 2.10. The van der Waals surface area contributed by atoms with Crippen molar-refractivity contribution in [2.75, 3.05) is 0 Å². The molecule has 24 heavy (non-hydrogen) atoms. The van der Waals surface area contributed by atoms with E-state index in [4.69, 9.17) is 0 Å². The summed E-state index contributed by atoms with van der Waals surface area (Å²) in [5.74, 6) is 0.956. The van der Waals surface area contributed by atoms with Crippen LogP contribution >= 0.6 is 0 Å². The summed E-state index contributed by atoms with van der Waals surface area (Å²) < 4.78 is 0. The molecule has 0 radical (unpaired) electrons. The molecule has 2 aromatic carbocycles. The molecule has 2 N–H and O–H groups in total. The van der Waals surface area contributed by atoms with Crippen LogP contribution in [-0.4, -0.2) is 30.4 Å². The number of benzene rings is 2. The van der Waals surface area contributed by atoms with Crippen LogP contribution in [0.2, 0.25) is 0 Å². The molecule has 0 saturated carbocycles. The van der Waals surface area contributed by atoms with Crippen molar-refractivity contribution >= 4 is 21.8 Å². The lowest BCUT2D eigenvalue weighted by Gasteiger charge is -1.96. The molecule has 0 bridgehead atoms. The first kappa shape index (κ1) is 13.0. The molecule has 6 heteroatoms. The maximum atomic E-state index is 4.22. The number of hydrogen-bond donors (Lipinski definition) is 2. The van der Waals surface area contributed by atoms with Gasteiger partial charge in [0.05, 0.1) is 11.4 Å². The minimum Gasteiger partial charge on any atom is -0.352 e. The molecule has 5 aromatic rings. The average molecular weight is 312 g/mol. The maximum absolute atomic E-state index is 4.22. The third-order valence-electron chi connectivity index (χ3n) is 4.02. The van der Waals surface area contributed by atoms with Gasteiger partial charge < -0.3 is 9.97 Å². The molecule has 5 rings (SSSR count). The lowest BCUT2D eigenvalue weighted by molar-refractivity contribution is 0.869. The fourth-order valence-electron chi connectivity index (χ4n) is 2.83. The average Bonchev–Trinajstić information content (AvgIpc) is 3.25. The highest BCUT2D eigenvalue weighted by Crippen LogP contribution is 2.23. The van der Waals surface area contributed by atoms with Crippen molar-refractivity contribution in [2.45, 2.75) is 0 Å². The van der Waals surface area contributed by atoms with Crippen LogP contribution in [0.4, 0.5) is 0 Å². The highest BCUT2D eigenvalue weighted by molar-refractivity contribution is 5.85. The molecule has 3 heterocycles. The Morgan fingerprint density at radius 3 is 1.38 bits per heavy atom. The number of nitrogens with one attached hydrogen (secondary N) is 2. The Labute approximate surface area is 136 Å². The number of rotatable bonds is 2. The fraction of sp³-hybridized carbons (Fsp3) is 0. The Morgan fingerprint density at radius 2 is 0.958 bits per heavy atom. The normalized spacial score (nSPS) is 11.3. The lowest BCUT2D eigenvalue weighted by atomic mass is 10.2. The standard InChI is InChI=1S/C18H12N6/c1-3-7-13-11(5-1)9-15(19-13)17-21-23-18(24-22-17)16-10-12-6-2-4-8-14(12)20-16/h1-10,19-20H. The number of fused-ring (bicyclic) bond motifs is 2. The van der Waals surface area contributed by atoms with Gasteiger partial charge in [-0.1, -0.05) is 36.4 Å². The van der Waals surface area contributed by atoms with E-state index in [1.807, 2.05) is 60.7 Å². The van der Waals surface area contributed by atoms with Crippen molar-refractivity contribution in [3.63, 3.8) is 0 Å². The Morgan fingerprint density at radius 1 is 0.542 bits per heavy atom. The van der Waals surface area contributed by atoms with Crippen molar-refractivity contribution < 1.29 is 0 Å². The summed E-state index contributed by atoms with van der Waals surface area (Å²) in [5.41, 5.74) is 3.69. The summed E-state index contributed by atoms with van der Waals surface area (Å²) in [6.45, 7) is 0. The van der Waals surface area contributed by atoms with Gasteiger partial charge in [-0.2, -0.15) is 0 Å². The van der Waals surface area contributed by atoms with Crippen LogP contribution in [-0.2, 0) is 0 Å². The SMILES string of the molecule is c1ccc2[nH]c(-c3nnc(-c4cc5ccccc5[nH]4)nn3)cc2c1. The second kappa shape index (κ2) is 4.99. The largest absolute Gasteiger partial charge is 0.352 e. The molecule has 0 aliphatic heterocycles. The van der Waals surface area contributed by atoms with E-state index in [-0.39, 0.29) is 0 Å². The third kappa shape index (κ3) is 2.04. The van der Waals surface area contributed by atoms with E-state index in [9.17, 15) is 0 Å². The zero-order valence-electron chi connectivity index (χ0n) is 12.6. The van der Waals surface area contributed by atoms with Crippen molar-refractivity contribution in [3.8, 4) is 23.0 Å². The first-order valence-electron chi connectivity index (χ1n) is 7.60. The van der Waals surface area contributed by atoms with E-state index in [0.717, 1.165) is 33.2 Å². The zero-order chi connectivity index (χ0) is 15.9. The van der Waals surface area contributed by atoms with E-state index in [2.05, 4.69) is 30.4 Å². The molecule has 6 nitrogen and oxygen atoms in total. The highest BCUT2D eigenvalue weighted by atomic mass is 15.3. The number of hydrogen-bond acceptors (Lipinski definition) is 4. The van der Waals surface area contributed by atoms with E-state index < -0.39 is 0 Å². The monoisotopic (exact) mass is 312 g/mol. The van der Waals surface area contributed by atoms with Gasteiger partial charge in [-0.05, 0) is 24.3 Å². The number of aromatic nitrogens is 6. The second-order valence-electron chi connectivity index (χ2n) is 5.59. The Balaban J connectivity index is 1.54. The summed E-state index contributed by atoms with van der Waals surface area (Å²) in [5, 5.41) is 19.1. The Hall–Kier alpha value is -3.54. The van der Waals surface area contributed by atoms with Gasteiger partial charge in [0.1, 0.15) is 0 Å². The molecule has 114 valence electrons. The van der Waals surface area contributed by atoms with Crippen LogP contribution in [0, 0.1) is 0 Å². The van der Waals surface area contributed by atoms with E-state index in [0.29, 0.717) is 11.6 Å². The zero-order valence-corrected chi connectivity index (χ0v) is 12.6. The van der Waals surface area contributed by atoms with Gasteiger partial charge in [-0.3, -0.25) is 0 Å². The number of nitrogens with zero attached hydrogens (tertiary/aromatic N) is 4. The van der Waals surface area contributed by atoms with E-state index in [1.165, 1.54) is 0 Å². The van der Waals surface area contributed by atoms with Crippen LogP contribution in [0.5, 0.6) is 0 Å². The van der Waals surface area contributed by atoms with Crippen molar-refractivity contribution in [2.24, 2.45) is 0 Å². The fourth-order valence-corrected chi connectivity index (χ4v) is 2.83. The predicted molar refractivity (Wildman–Crippen MR) is 92.2 cm³/mol.